The number of carbonyl (C=O) groups is 1. The van der Waals surface area contributed by atoms with Crippen LogP contribution in [-0.2, 0) is 9.53 Å². The molecule has 0 saturated carbocycles. The van der Waals surface area contributed by atoms with Crippen LogP contribution in [0, 0.1) is 5.92 Å². The Kier molecular flexibility index (Phi) is 4.89. The standard InChI is InChI=1S/C13H15ClO2S/c14-11-3-1-2-4-13(11)17-9-12(15)10-5-7-16-8-6-10/h1-4,10H,5-9H2. The highest BCUT2D eigenvalue weighted by Gasteiger charge is 2.21. The Bertz CT molecular complexity index is 389. The number of thioether (sulfide) groups is 1. The summed E-state index contributed by atoms with van der Waals surface area (Å²) in [7, 11) is 0. The van der Waals surface area contributed by atoms with Gasteiger partial charge in [0.2, 0.25) is 0 Å². The molecular formula is C13H15ClO2S. The molecule has 2 nitrogen and oxygen atoms in total. The van der Waals surface area contributed by atoms with E-state index < -0.39 is 0 Å². The lowest BCUT2D eigenvalue weighted by Crippen LogP contribution is -2.24. The molecule has 0 spiro atoms. The molecule has 0 aromatic heterocycles. The Hall–Kier alpha value is -0.510. The summed E-state index contributed by atoms with van der Waals surface area (Å²) in [6.45, 7) is 1.43. The topological polar surface area (TPSA) is 26.3 Å². The molecule has 0 unspecified atom stereocenters. The summed E-state index contributed by atoms with van der Waals surface area (Å²) in [6.07, 6.45) is 1.73. The average molecular weight is 271 g/mol. The van der Waals surface area contributed by atoms with Gasteiger partial charge in [-0.2, -0.15) is 0 Å². The SMILES string of the molecule is O=C(CSc1ccccc1Cl)C1CCOCC1. The van der Waals surface area contributed by atoms with Gasteiger partial charge in [-0.15, -0.1) is 11.8 Å². The lowest BCUT2D eigenvalue weighted by Gasteiger charge is -2.20. The minimum Gasteiger partial charge on any atom is -0.381 e. The normalized spacial score (nSPS) is 17.0. The van der Waals surface area contributed by atoms with Crippen molar-refractivity contribution in [3.05, 3.63) is 29.3 Å². The maximum atomic E-state index is 12.0. The summed E-state index contributed by atoms with van der Waals surface area (Å²) in [5.41, 5.74) is 0. The van der Waals surface area contributed by atoms with E-state index in [1.807, 2.05) is 24.3 Å². The van der Waals surface area contributed by atoms with E-state index in [9.17, 15) is 4.79 Å². The van der Waals surface area contributed by atoms with Gasteiger partial charge in [0.25, 0.3) is 0 Å². The first kappa shape index (κ1) is 12.9. The van der Waals surface area contributed by atoms with E-state index in [4.69, 9.17) is 16.3 Å². The van der Waals surface area contributed by atoms with Crippen LogP contribution in [0.2, 0.25) is 5.02 Å². The minimum atomic E-state index is 0.179. The largest absolute Gasteiger partial charge is 0.381 e. The monoisotopic (exact) mass is 270 g/mol. The second kappa shape index (κ2) is 6.43. The molecule has 0 N–H and O–H groups in total. The second-order valence-corrected chi connectivity index (χ2v) is 5.50. The third-order valence-corrected chi connectivity index (χ3v) is 4.42. The first-order chi connectivity index (χ1) is 8.27. The van der Waals surface area contributed by atoms with E-state index in [-0.39, 0.29) is 5.92 Å². The molecule has 0 amide bonds. The Labute approximate surface area is 111 Å². The van der Waals surface area contributed by atoms with Crippen LogP contribution in [0.5, 0.6) is 0 Å². The summed E-state index contributed by atoms with van der Waals surface area (Å²) in [5.74, 6) is 1.01. The number of hydrogen-bond acceptors (Lipinski definition) is 3. The van der Waals surface area contributed by atoms with Crippen molar-refractivity contribution in [3.63, 3.8) is 0 Å². The Morgan fingerprint density at radius 1 is 1.35 bits per heavy atom. The molecule has 1 aliphatic heterocycles. The van der Waals surface area contributed by atoms with E-state index >= 15 is 0 Å². The van der Waals surface area contributed by atoms with Gasteiger partial charge in [-0.25, -0.2) is 0 Å². The number of carbonyl (C=O) groups excluding carboxylic acids is 1. The van der Waals surface area contributed by atoms with Gasteiger partial charge in [-0.05, 0) is 25.0 Å². The molecule has 4 heteroatoms. The van der Waals surface area contributed by atoms with Crippen LogP contribution in [0.25, 0.3) is 0 Å². The molecule has 1 saturated heterocycles. The maximum absolute atomic E-state index is 12.0. The fraction of sp³-hybridized carbons (Fsp3) is 0.462. The van der Waals surface area contributed by atoms with Crippen LogP contribution < -0.4 is 0 Å². The molecule has 0 bridgehead atoms. The number of ketones is 1. The van der Waals surface area contributed by atoms with Gasteiger partial charge in [0.1, 0.15) is 5.78 Å². The highest BCUT2D eigenvalue weighted by molar-refractivity contribution is 8.00. The van der Waals surface area contributed by atoms with Crippen molar-refractivity contribution in [2.75, 3.05) is 19.0 Å². The molecule has 1 aliphatic rings. The van der Waals surface area contributed by atoms with Gasteiger partial charge in [-0.1, -0.05) is 23.7 Å². The van der Waals surface area contributed by atoms with Gasteiger partial charge in [-0.3, -0.25) is 4.79 Å². The minimum absolute atomic E-state index is 0.179. The van der Waals surface area contributed by atoms with Crippen LogP contribution >= 0.6 is 23.4 Å². The van der Waals surface area contributed by atoms with Crippen molar-refractivity contribution in [2.24, 2.45) is 5.92 Å². The van der Waals surface area contributed by atoms with E-state index in [0.29, 0.717) is 24.7 Å². The molecule has 17 heavy (non-hydrogen) atoms. The predicted octanol–water partition coefficient (Wildman–Crippen LogP) is 3.43. The van der Waals surface area contributed by atoms with Crippen molar-refractivity contribution in [3.8, 4) is 0 Å². The maximum Gasteiger partial charge on any atom is 0.146 e. The lowest BCUT2D eigenvalue weighted by atomic mass is 9.96. The zero-order valence-electron chi connectivity index (χ0n) is 9.52. The first-order valence-corrected chi connectivity index (χ1v) is 7.11. The number of rotatable bonds is 4. The van der Waals surface area contributed by atoms with E-state index in [2.05, 4.69) is 0 Å². The van der Waals surface area contributed by atoms with Crippen molar-refractivity contribution in [1.29, 1.82) is 0 Å². The molecule has 1 aromatic carbocycles. The fourth-order valence-corrected chi connectivity index (χ4v) is 3.06. The molecule has 1 aromatic rings. The molecular weight excluding hydrogens is 256 g/mol. The first-order valence-electron chi connectivity index (χ1n) is 5.75. The van der Waals surface area contributed by atoms with Crippen molar-refractivity contribution in [2.45, 2.75) is 17.7 Å². The summed E-state index contributed by atoms with van der Waals surface area (Å²) < 4.78 is 5.25. The quantitative estimate of drug-likeness (QED) is 0.784. The highest BCUT2D eigenvalue weighted by Crippen LogP contribution is 2.28. The smallest absolute Gasteiger partial charge is 0.146 e. The van der Waals surface area contributed by atoms with Crippen molar-refractivity contribution in [1.82, 2.24) is 0 Å². The van der Waals surface area contributed by atoms with Gasteiger partial charge in [0.05, 0.1) is 10.8 Å². The average Bonchev–Trinajstić information content (AvgIpc) is 2.38. The zero-order valence-corrected chi connectivity index (χ0v) is 11.1. The zero-order chi connectivity index (χ0) is 12.1. The lowest BCUT2D eigenvalue weighted by molar-refractivity contribution is -0.123. The van der Waals surface area contributed by atoms with Gasteiger partial charge in [0.15, 0.2) is 0 Å². The number of halogens is 1. The molecule has 0 aliphatic carbocycles. The second-order valence-electron chi connectivity index (χ2n) is 4.07. The van der Waals surface area contributed by atoms with E-state index in [0.717, 1.165) is 22.8 Å². The van der Waals surface area contributed by atoms with Crippen LogP contribution in [-0.4, -0.2) is 24.7 Å². The third kappa shape index (κ3) is 3.73. The number of ether oxygens (including phenoxy) is 1. The highest BCUT2D eigenvalue weighted by atomic mass is 35.5. The van der Waals surface area contributed by atoms with Gasteiger partial charge >= 0.3 is 0 Å². The van der Waals surface area contributed by atoms with Crippen LogP contribution in [0.1, 0.15) is 12.8 Å². The van der Waals surface area contributed by atoms with Crippen molar-refractivity contribution < 1.29 is 9.53 Å². The Morgan fingerprint density at radius 3 is 2.76 bits per heavy atom. The molecule has 2 rings (SSSR count). The predicted molar refractivity (Wildman–Crippen MR) is 70.7 cm³/mol. The molecule has 1 fully saturated rings. The number of hydrogen-bond donors (Lipinski definition) is 0. The summed E-state index contributed by atoms with van der Waals surface area (Å²) in [5, 5.41) is 0.720. The third-order valence-electron chi connectivity index (χ3n) is 2.88. The number of Topliss-reactive ketones (excluding diaryl/α,β-unsaturated/α-hetero) is 1. The summed E-state index contributed by atoms with van der Waals surface area (Å²) >= 11 is 7.57. The Morgan fingerprint density at radius 2 is 2.06 bits per heavy atom. The number of benzene rings is 1. The van der Waals surface area contributed by atoms with Crippen LogP contribution in [0.3, 0.4) is 0 Å². The van der Waals surface area contributed by atoms with Gasteiger partial charge in [0, 0.05) is 24.0 Å². The molecule has 0 radical (unpaired) electrons. The van der Waals surface area contributed by atoms with Crippen LogP contribution in [0.4, 0.5) is 0 Å². The Balaban J connectivity index is 1.85. The van der Waals surface area contributed by atoms with E-state index in [1.165, 1.54) is 11.8 Å². The van der Waals surface area contributed by atoms with Crippen molar-refractivity contribution >= 4 is 29.1 Å². The molecule has 1 heterocycles. The van der Waals surface area contributed by atoms with Crippen LogP contribution in [0.15, 0.2) is 29.2 Å². The summed E-state index contributed by atoms with van der Waals surface area (Å²) in [4.78, 5) is 12.9. The summed E-state index contributed by atoms with van der Waals surface area (Å²) in [6, 6.07) is 7.63. The molecule has 0 atom stereocenters. The molecule has 92 valence electrons. The fourth-order valence-electron chi connectivity index (χ4n) is 1.85. The van der Waals surface area contributed by atoms with Gasteiger partial charge < -0.3 is 4.74 Å². The van der Waals surface area contributed by atoms with E-state index in [1.54, 1.807) is 0 Å².